The van der Waals surface area contributed by atoms with Crippen molar-refractivity contribution in [1.29, 1.82) is 0 Å². The van der Waals surface area contributed by atoms with Crippen LogP contribution in [0, 0.1) is 0 Å². The van der Waals surface area contributed by atoms with Crippen molar-refractivity contribution in [2.75, 3.05) is 6.67 Å². The Kier molecular flexibility index (Phi) is 4.83. The van der Waals surface area contributed by atoms with Crippen LogP contribution in [0.4, 0.5) is 4.39 Å². The Hall–Kier alpha value is -0.600. The molecule has 0 unspecified atom stereocenters. The predicted molar refractivity (Wildman–Crippen MR) is 38.0 cm³/mol. The summed E-state index contributed by atoms with van der Waals surface area (Å²) in [7, 11) is 0. The number of quaternary nitrogens is 1. The zero-order valence-corrected chi connectivity index (χ0v) is 6.89. The van der Waals surface area contributed by atoms with Crippen LogP contribution in [0.15, 0.2) is 30.3 Å². The van der Waals surface area contributed by atoms with Gasteiger partial charge < -0.3 is 18.1 Å². The van der Waals surface area contributed by atoms with Crippen molar-refractivity contribution >= 4 is 0 Å². The smallest absolute Gasteiger partial charge is 0.145 e. The molecule has 1 atom stereocenters. The zero-order valence-electron chi connectivity index (χ0n) is 6.13. The van der Waals surface area contributed by atoms with Crippen molar-refractivity contribution in [3.05, 3.63) is 35.9 Å². The van der Waals surface area contributed by atoms with Crippen molar-refractivity contribution in [2.24, 2.45) is 0 Å². The minimum Gasteiger partial charge on any atom is -1.00 e. The molecule has 0 saturated heterocycles. The number of rotatable bonds is 2. The van der Waals surface area contributed by atoms with Gasteiger partial charge in [0.05, 0.1) is 0 Å². The van der Waals surface area contributed by atoms with Crippen molar-refractivity contribution < 1.29 is 22.5 Å². The highest BCUT2D eigenvalue weighted by molar-refractivity contribution is 5.16. The maximum atomic E-state index is 12.0. The van der Waals surface area contributed by atoms with E-state index in [1.807, 2.05) is 30.3 Å². The van der Waals surface area contributed by atoms with E-state index in [1.165, 1.54) is 0 Å². The fraction of sp³-hybridized carbons (Fsp3) is 0.250. The molecule has 0 aliphatic carbocycles. The van der Waals surface area contributed by atoms with Gasteiger partial charge in [-0.05, 0) is 0 Å². The van der Waals surface area contributed by atoms with Crippen molar-refractivity contribution in [3.63, 3.8) is 0 Å². The Morgan fingerprint density at radius 3 is 2.27 bits per heavy atom. The normalized spacial score (nSPS) is 11.8. The molecule has 11 heavy (non-hydrogen) atoms. The molecule has 3 heteroatoms. The SMILES string of the molecule is [Cl-].[NH3+][C@H](CF)c1ccccc1. The number of halogens is 2. The molecule has 0 radical (unpaired) electrons. The summed E-state index contributed by atoms with van der Waals surface area (Å²) in [5.41, 5.74) is 4.61. The standard InChI is InChI=1S/C8H10FN.ClH/c9-6-8(10)7-4-2-1-3-5-7;/h1-5,8H,6,10H2;1H/t8-;/m1./s1. The predicted octanol–water partition coefficient (Wildman–Crippen LogP) is -2.06. The molecule has 0 bridgehead atoms. The molecule has 0 aromatic heterocycles. The lowest BCUT2D eigenvalue weighted by molar-refractivity contribution is -0.428. The van der Waals surface area contributed by atoms with Crippen LogP contribution in [-0.2, 0) is 0 Å². The Balaban J connectivity index is 0.000001000. The number of alkyl halides is 1. The van der Waals surface area contributed by atoms with Crippen molar-refractivity contribution in [1.82, 2.24) is 0 Å². The van der Waals surface area contributed by atoms with Gasteiger partial charge in [0, 0.05) is 5.56 Å². The van der Waals surface area contributed by atoms with Crippen LogP contribution >= 0.6 is 0 Å². The Morgan fingerprint density at radius 1 is 1.27 bits per heavy atom. The summed E-state index contributed by atoms with van der Waals surface area (Å²) < 4.78 is 12.0. The fourth-order valence-corrected chi connectivity index (χ4v) is 0.814. The lowest BCUT2D eigenvalue weighted by Gasteiger charge is -2.01. The van der Waals surface area contributed by atoms with Gasteiger partial charge in [0.2, 0.25) is 0 Å². The fourth-order valence-electron chi connectivity index (χ4n) is 0.814. The van der Waals surface area contributed by atoms with Crippen LogP contribution in [0.2, 0.25) is 0 Å². The highest BCUT2D eigenvalue weighted by Gasteiger charge is 2.05. The summed E-state index contributed by atoms with van der Waals surface area (Å²) in [5.74, 6) is 0. The van der Waals surface area contributed by atoms with Gasteiger partial charge in [-0.1, -0.05) is 30.3 Å². The van der Waals surface area contributed by atoms with E-state index in [0.717, 1.165) is 5.56 Å². The van der Waals surface area contributed by atoms with Gasteiger partial charge in [-0.15, -0.1) is 0 Å². The number of hydrogen-bond donors (Lipinski definition) is 1. The summed E-state index contributed by atoms with van der Waals surface area (Å²) >= 11 is 0. The lowest BCUT2D eigenvalue weighted by Crippen LogP contribution is -3.00. The summed E-state index contributed by atoms with van der Waals surface area (Å²) in [6, 6.07) is 9.26. The van der Waals surface area contributed by atoms with Crippen LogP contribution in [0.3, 0.4) is 0 Å². The van der Waals surface area contributed by atoms with E-state index >= 15 is 0 Å². The zero-order chi connectivity index (χ0) is 7.40. The summed E-state index contributed by atoms with van der Waals surface area (Å²) in [5, 5.41) is 0. The second-order valence-electron chi connectivity index (χ2n) is 2.26. The Morgan fingerprint density at radius 2 is 1.82 bits per heavy atom. The van der Waals surface area contributed by atoms with E-state index in [4.69, 9.17) is 0 Å². The van der Waals surface area contributed by atoms with Crippen molar-refractivity contribution in [2.45, 2.75) is 6.04 Å². The van der Waals surface area contributed by atoms with Crippen LogP contribution in [-0.4, -0.2) is 6.67 Å². The molecule has 1 nitrogen and oxygen atoms in total. The van der Waals surface area contributed by atoms with Gasteiger partial charge in [-0.25, -0.2) is 4.39 Å². The average Bonchev–Trinajstić information content (AvgIpc) is 2.05. The highest BCUT2D eigenvalue weighted by Crippen LogP contribution is 2.06. The minimum absolute atomic E-state index is 0. The molecule has 1 rings (SSSR count). The molecular weight excluding hydrogens is 165 g/mol. The topological polar surface area (TPSA) is 27.6 Å². The molecule has 0 heterocycles. The van der Waals surface area contributed by atoms with E-state index < -0.39 is 0 Å². The molecule has 1 aromatic carbocycles. The van der Waals surface area contributed by atoms with Gasteiger partial charge in [0.1, 0.15) is 12.7 Å². The van der Waals surface area contributed by atoms with E-state index in [-0.39, 0.29) is 25.1 Å². The highest BCUT2D eigenvalue weighted by atomic mass is 35.5. The van der Waals surface area contributed by atoms with E-state index in [2.05, 4.69) is 5.73 Å². The van der Waals surface area contributed by atoms with Crippen LogP contribution in [0.1, 0.15) is 11.6 Å². The largest absolute Gasteiger partial charge is 1.00 e. The summed E-state index contributed by atoms with van der Waals surface area (Å²) in [6.07, 6.45) is 0. The first-order valence-electron chi connectivity index (χ1n) is 3.28. The third-order valence-electron chi connectivity index (χ3n) is 1.46. The molecule has 0 amide bonds. The molecule has 0 aliphatic rings. The lowest BCUT2D eigenvalue weighted by atomic mass is 10.1. The van der Waals surface area contributed by atoms with Gasteiger partial charge >= 0.3 is 0 Å². The van der Waals surface area contributed by atoms with Gasteiger partial charge in [0.15, 0.2) is 0 Å². The Labute approximate surface area is 71.8 Å². The molecule has 0 spiro atoms. The van der Waals surface area contributed by atoms with E-state index in [0.29, 0.717) is 0 Å². The second kappa shape index (κ2) is 5.10. The third-order valence-corrected chi connectivity index (χ3v) is 1.46. The van der Waals surface area contributed by atoms with Gasteiger partial charge in [0.25, 0.3) is 0 Å². The summed E-state index contributed by atoms with van der Waals surface area (Å²) in [4.78, 5) is 0. The van der Waals surface area contributed by atoms with Gasteiger partial charge in [-0.3, -0.25) is 0 Å². The molecule has 62 valence electrons. The van der Waals surface area contributed by atoms with E-state index in [1.54, 1.807) is 0 Å². The molecule has 0 aliphatic heterocycles. The average molecular weight is 176 g/mol. The first kappa shape index (κ1) is 10.4. The number of hydrogen-bond acceptors (Lipinski definition) is 0. The van der Waals surface area contributed by atoms with Crippen LogP contribution < -0.4 is 18.1 Å². The number of benzene rings is 1. The third kappa shape index (κ3) is 2.87. The molecule has 0 saturated carbocycles. The van der Waals surface area contributed by atoms with Crippen LogP contribution in [0.5, 0.6) is 0 Å². The second-order valence-corrected chi connectivity index (χ2v) is 2.26. The first-order valence-corrected chi connectivity index (χ1v) is 3.28. The Bertz CT molecular complexity index is 191. The monoisotopic (exact) mass is 175 g/mol. The first-order chi connectivity index (χ1) is 4.84. The van der Waals surface area contributed by atoms with Crippen molar-refractivity contribution in [3.8, 4) is 0 Å². The summed E-state index contributed by atoms with van der Waals surface area (Å²) in [6.45, 7) is -0.385. The molecule has 0 fully saturated rings. The van der Waals surface area contributed by atoms with Crippen LogP contribution in [0.25, 0.3) is 0 Å². The van der Waals surface area contributed by atoms with E-state index in [9.17, 15) is 4.39 Å². The van der Waals surface area contributed by atoms with Gasteiger partial charge in [-0.2, -0.15) is 0 Å². The molecular formula is C8H11ClFN. The molecule has 1 aromatic rings. The minimum atomic E-state index is -0.385. The quantitative estimate of drug-likeness (QED) is 0.536. The molecule has 3 N–H and O–H groups in total. The maximum Gasteiger partial charge on any atom is 0.145 e. The maximum absolute atomic E-state index is 12.0.